The van der Waals surface area contributed by atoms with Crippen LogP contribution in [0.15, 0.2) is 30.3 Å². The molecule has 0 spiro atoms. The zero-order valence-electron chi connectivity index (χ0n) is 10.1. The molecule has 1 heterocycles. The average molecular weight is 299 g/mol. The minimum atomic E-state index is 0.349. The molecule has 0 aliphatic heterocycles. The fourth-order valence-corrected chi connectivity index (χ4v) is 1.93. The van der Waals surface area contributed by atoms with Crippen LogP contribution in [0.3, 0.4) is 0 Å². The summed E-state index contributed by atoms with van der Waals surface area (Å²) in [4.78, 5) is 4.19. The van der Waals surface area contributed by atoms with Gasteiger partial charge in [-0.3, -0.25) is 0 Å². The molecule has 0 fully saturated rings. The zero-order chi connectivity index (χ0) is 13.8. The first-order chi connectivity index (χ1) is 9.13. The van der Waals surface area contributed by atoms with Crippen molar-refractivity contribution in [1.82, 2.24) is 4.98 Å². The van der Waals surface area contributed by atoms with Crippen LogP contribution in [0, 0.1) is 0 Å². The molecule has 5 nitrogen and oxygen atoms in total. The van der Waals surface area contributed by atoms with Gasteiger partial charge in [0.2, 0.25) is 0 Å². The van der Waals surface area contributed by atoms with Crippen molar-refractivity contribution in [2.75, 3.05) is 17.9 Å². The maximum atomic E-state index is 6.06. The van der Waals surface area contributed by atoms with E-state index in [0.29, 0.717) is 21.7 Å². The van der Waals surface area contributed by atoms with Gasteiger partial charge in [0, 0.05) is 5.69 Å². The van der Waals surface area contributed by atoms with Crippen LogP contribution in [-0.2, 0) is 0 Å². The molecule has 0 aliphatic carbocycles. The lowest BCUT2D eigenvalue weighted by molar-refractivity contribution is 0.415. The van der Waals surface area contributed by atoms with E-state index >= 15 is 0 Å². The second-order valence-corrected chi connectivity index (χ2v) is 4.46. The Morgan fingerprint density at radius 3 is 2.32 bits per heavy atom. The van der Waals surface area contributed by atoms with Crippen LogP contribution in [0.2, 0.25) is 10.0 Å². The third kappa shape index (κ3) is 3.20. The lowest BCUT2D eigenvalue weighted by Crippen LogP contribution is -2.10. The van der Waals surface area contributed by atoms with Crippen molar-refractivity contribution in [2.24, 2.45) is 5.84 Å². The van der Waals surface area contributed by atoms with Crippen molar-refractivity contribution in [2.45, 2.75) is 0 Å². The summed E-state index contributed by atoms with van der Waals surface area (Å²) in [5.41, 5.74) is 3.23. The number of nitrogens with zero attached hydrogens (tertiary/aromatic N) is 1. The second kappa shape index (κ2) is 5.97. The standard InChI is InChI=1S/C12H12Cl2N4O/c1-19-8-4-2-7(3-5-8)16-11-9(13)6-10(14)12(17-11)18-15/h2-6H,15H2,1H3,(H2,16,17,18). The zero-order valence-corrected chi connectivity index (χ0v) is 11.6. The number of hydrogen-bond acceptors (Lipinski definition) is 5. The van der Waals surface area contributed by atoms with Gasteiger partial charge < -0.3 is 15.5 Å². The normalized spacial score (nSPS) is 10.1. The molecule has 4 N–H and O–H groups in total. The molecule has 2 rings (SSSR count). The Labute approximate surface area is 120 Å². The molecule has 0 saturated carbocycles. The number of nitrogen functional groups attached to an aromatic ring is 1. The molecule has 0 saturated heterocycles. The topological polar surface area (TPSA) is 72.2 Å². The van der Waals surface area contributed by atoms with Crippen molar-refractivity contribution >= 4 is 40.5 Å². The summed E-state index contributed by atoms with van der Waals surface area (Å²) in [6.45, 7) is 0. The summed E-state index contributed by atoms with van der Waals surface area (Å²) >= 11 is 12.0. The Bertz CT molecular complexity index is 575. The van der Waals surface area contributed by atoms with Gasteiger partial charge in [-0.15, -0.1) is 0 Å². The molecule has 100 valence electrons. The van der Waals surface area contributed by atoms with Gasteiger partial charge in [-0.2, -0.15) is 0 Å². The number of benzene rings is 1. The van der Waals surface area contributed by atoms with E-state index in [1.54, 1.807) is 13.2 Å². The van der Waals surface area contributed by atoms with Crippen LogP contribution in [0.4, 0.5) is 17.3 Å². The van der Waals surface area contributed by atoms with Gasteiger partial charge >= 0.3 is 0 Å². The van der Waals surface area contributed by atoms with E-state index in [0.717, 1.165) is 11.4 Å². The quantitative estimate of drug-likeness (QED) is 0.596. The summed E-state index contributed by atoms with van der Waals surface area (Å²) in [6.07, 6.45) is 0. The highest BCUT2D eigenvalue weighted by molar-refractivity contribution is 6.37. The first-order valence-electron chi connectivity index (χ1n) is 5.37. The molecule has 0 radical (unpaired) electrons. The highest BCUT2D eigenvalue weighted by atomic mass is 35.5. The summed E-state index contributed by atoms with van der Waals surface area (Å²) < 4.78 is 5.08. The maximum Gasteiger partial charge on any atom is 0.161 e. The average Bonchev–Trinajstić information content (AvgIpc) is 2.42. The molecule has 0 unspecified atom stereocenters. The van der Waals surface area contributed by atoms with Crippen molar-refractivity contribution in [3.05, 3.63) is 40.4 Å². The molecule has 0 amide bonds. The highest BCUT2D eigenvalue weighted by Crippen LogP contribution is 2.30. The van der Waals surface area contributed by atoms with E-state index in [4.69, 9.17) is 33.8 Å². The van der Waals surface area contributed by atoms with Crippen LogP contribution in [0.5, 0.6) is 5.75 Å². The molecule has 19 heavy (non-hydrogen) atoms. The van der Waals surface area contributed by atoms with E-state index in [-0.39, 0.29) is 0 Å². The molecular weight excluding hydrogens is 287 g/mol. The number of halogens is 2. The third-order valence-electron chi connectivity index (χ3n) is 2.42. The molecular formula is C12H12Cl2N4O. The van der Waals surface area contributed by atoms with E-state index < -0.39 is 0 Å². The van der Waals surface area contributed by atoms with Gasteiger partial charge in [0.1, 0.15) is 5.75 Å². The number of nitrogens with two attached hydrogens (primary N) is 1. The number of nitrogens with one attached hydrogen (secondary N) is 2. The molecule has 1 aromatic heterocycles. The van der Waals surface area contributed by atoms with Crippen LogP contribution in [-0.4, -0.2) is 12.1 Å². The summed E-state index contributed by atoms with van der Waals surface area (Å²) in [5.74, 6) is 6.90. The number of rotatable bonds is 4. The summed E-state index contributed by atoms with van der Waals surface area (Å²) in [6, 6.07) is 8.92. The number of ether oxygens (including phenoxy) is 1. The van der Waals surface area contributed by atoms with Crippen molar-refractivity contribution < 1.29 is 4.74 Å². The molecule has 2 aromatic rings. The lowest BCUT2D eigenvalue weighted by Gasteiger charge is -2.11. The van der Waals surface area contributed by atoms with Crippen LogP contribution in [0.1, 0.15) is 0 Å². The first kappa shape index (κ1) is 13.7. The second-order valence-electron chi connectivity index (χ2n) is 3.65. The van der Waals surface area contributed by atoms with E-state index in [2.05, 4.69) is 15.7 Å². The first-order valence-corrected chi connectivity index (χ1v) is 6.13. The fourth-order valence-electron chi connectivity index (χ4n) is 1.47. The molecule has 0 atom stereocenters. The Kier molecular flexibility index (Phi) is 4.31. The molecule has 1 aromatic carbocycles. The smallest absolute Gasteiger partial charge is 0.161 e. The number of hydrazine groups is 1. The third-order valence-corrected chi connectivity index (χ3v) is 3.00. The van der Waals surface area contributed by atoms with Crippen molar-refractivity contribution in [3.8, 4) is 5.75 Å². The van der Waals surface area contributed by atoms with Crippen LogP contribution < -0.4 is 21.3 Å². The fraction of sp³-hybridized carbons (Fsp3) is 0.0833. The molecule has 7 heteroatoms. The van der Waals surface area contributed by atoms with Gasteiger partial charge in [-0.05, 0) is 30.3 Å². The Hall–Kier alpha value is -1.69. The van der Waals surface area contributed by atoms with Crippen molar-refractivity contribution in [3.63, 3.8) is 0 Å². The number of anilines is 3. The Morgan fingerprint density at radius 2 is 1.74 bits per heavy atom. The van der Waals surface area contributed by atoms with Crippen LogP contribution >= 0.6 is 23.2 Å². The predicted octanol–water partition coefficient (Wildman–Crippen LogP) is 3.43. The van der Waals surface area contributed by atoms with Gasteiger partial charge in [-0.1, -0.05) is 23.2 Å². The summed E-state index contributed by atoms with van der Waals surface area (Å²) in [7, 11) is 1.61. The van der Waals surface area contributed by atoms with Gasteiger partial charge in [0.05, 0.1) is 17.2 Å². The monoisotopic (exact) mass is 298 g/mol. The van der Waals surface area contributed by atoms with E-state index in [1.807, 2.05) is 24.3 Å². The SMILES string of the molecule is COc1ccc(Nc2nc(NN)c(Cl)cc2Cl)cc1. The number of aromatic nitrogens is 1. The van der Waals surface area contributed by atoms with Gasteiger partial charge in [0.15, 0.2) is 11.6 Å². The van der Waals surface area contributed by atoms with Crippen molar-refractivity contribution in [1.29, 1.82) is 0 Å². The number of pyridine rings is 1. The van der Waals surface area contributed by atoms with E-state index in [1.165, 1.54) is 0 Å². The maximum absolute atomic E-state index is 6.06. The largest absolute Gasteiger partial charge is 0.497 e. The van der Waals surface area contributed by atoms with E-state index in [9.17, 15) is 0 Å². The highest BCUT2D eigenvalue weighted by Gasteiger charge is 2.08. The number of hydrogen-bond donors (Lipinski definition) is 3. The number of methoxy groups -OCH3 is 1. The Balaban J connectivity index is 2.26. The van der Waals surface area contributed by atoms with Gasteiger partial charge in [0.25, 0.3) is 0 Å². The Morgan fingerprint density at radius 1 is 1.11 bits per heavy atom. The molecule has 0 aliphatic rings. The van der Waals surface area contributed by atoms with Crippen LogP contribution in [0.25, 0.3) is 0 Å². The minimum Gasteiger partial charge on any atom is -0.497 e. The predicted molar refractivity (Wildman–Crippen MR) is 78.3 cm³/mol. The summed E-state index contributed by atoms with van der Waals surface area (Å²) in [5, 5.41) is 3.83. The minimum absolute atomic E-state index is 0.349. The van der Waals surface area contributed by atoms with Gasteiger partial charge in [-0.25, -0.2) is 10.8 Å². The molecule has 0 bridgehead atoms. The lowest BCUT2D eigenvalue weighted by atomic mass is 10.3.